The number of aliphatic hydroxyl groups is 1. The van der Waals surface area contributed by atoms with Gasteiger partial charge in [0, 0.05) is 38.3 Å². The summed E-state index contributed by atoms with van der Waals surface area (Å²) in [5.74, 6) is -5.62. The lowest BCUT2D eigenvalue weighted by Crippen LogP contribution is -2.64. The average Bonchev–Trinajstić information content (AvgIpc) is 3.02. The minimum absolute atomic E-state index is 0.0120. The zero-order valence-corrected chi connectivity index (χ0v) is 25.5. The van der Waals surface area contributed by atoms with Crippen LogP contribution < -0.4 is 71.2 Å². The number of amides is 8. The lowest BCUT2D eigenvalue weighted by molar-refractivity contribution is -0.134. The topological polar surface area (TPSA) is 378 Å². The van der Waals surface area contributed by atoms with Gasteiger partial charge >= 0.3 is 6.03 Å². The summed E-state index contributed by atoms with van der Waals surface area (Å²) >= 11 is 0. The summed E-state index contributed by atoms with van der Waals surface area (Å²) in [6.07, 6.45) is 1.86. The second kappa shape index (κ2) is 18.8. The molecule has 22 nitrogen and oxygen atoms in total. The van der Waals surface area contributed by atoms with E-state index in [9.17, 15) is 38.7 Å². The summed E-state index contributed by atoms with van der Waals surface area (Å²) in [5.41, 5.74) is 27.6. The SMILES string of the molecule is NCCCC(N)CC(=O)NC[C@@H]1NC(=O)[C@H](CO)NC(=O)[C@@H](N)CNC(=O)C([C@H]2CCN=C(N)N2)NC(=O)/C(=C/NC(N)=O)NC1=O. The normalized spacial score (nSPS) is 26.3. The number of aliphatic hydroxyl groups excluding tert-OH is 1. The molecule has 0 saturated carbocycles. The lowest BCUT2D eigenvalue weighted by atomic mass is 10.0. The molecule has 0 radical (unpaired) electrons. The van der Waals surface area contributed by atoms with Gasteiger partial charge in [-0.3, -0.25) is 33.8 Å². The predicted octanol–water partition coefficient (Wildman–Crippen LogP) is -8.23. The van der Waals surface area contributed by atoms with Crippen molar-refractivity contribution >= 4 is 47.4 Å². The van der Waals surface area contributed by atoms with Crippen molar-refractivity contribution in [2.45, 2.75) is 61.9 Å². The summed E-state index contributed by atoms with van der Waals surface area (Å²) in [6.45, 7) is -1.36. The van der Waals surface area contributed by atoms with E-state index >= 15 is 0 Å². The smallest absolute Gasteiger partial charge is 0.316 e. The molecular weight excluding hydrogens is 624 g/mol. The van der Waals surface area contributed by atoms with Gasteiger partial charge in [0.05, 0.1) is 12.6 Å². The number of hydrogen-bond donors (Lipinski definition) is 14. The Morgan fingerprint density at radius 2 is 1.72 bits per heavy atom. The van der Waals surface area contributed by atoms with Gasteiger partial charge in [-0.1, -0.05) is 0 Å². The second-order valence-corrected chi connectivity index (χ2v) is 10.7. The summed E-state index contributed by atoms with van der Waals surface area (Å²) in [5, 5.41) is 28.7. The maximum atomic E-state index is 13.5. The fourth-order valence-corrected chi connectivity index (χ4v) is 4.35. The van der Waals surface area contributed by atoms with Gasteiger partial charge in [-0.2, -0.15) is 0 Å². The largest absolute Gasteiger partial charge is 0.394 e. The molecule has 47 heavy (non-hydrogen) atoms. The molecule has 2 unspecified atom stereocenters. The predicted molar refractivity (Wildman–Crippen MR) is 165 cm³/mol. The Balaban J connectivity index is 2.45. The second-order valence-electron chi connectivity index (χ2n) is 10.7. The summed E-state index contributed by atoms with van der Waals surface area (Å²) in [4.78, 5) is 93.9. The van der Waals surface area contributed by atoms with Crippen LogP contribution in [-0.4, -0.2) is 122 Å². The lowest BCUT2D eigenvalue weighted by Gasteiger charge is -2.31. The average molecular weight is 669 g/mol. The van der Waals surface area contributed by atoms with Crippen LogP contribution >= 0.6 is 0 Å². The third-order valence-corrected chi connectivity index (χ3v) is 6.90. The van der Waals surface area contributed by atoms with E-state index in [1.54, 1.807) is 0 Å². The number of nitrogens with two attached hydrogens (primary N) is 5. The molecule has 0 aromatic carbocycles. The molecule has 2 heterocycles. The fraction of sp³-hybridized carbons (Fsp3) is 0.600. The molecule has 0 bridgehead atoms. The molecular formula is C25H44N14O8. The minimum atomic E-state index is -1.63. The van der Waals surface area contributed by atoms with E-state index in [0.717, 1.165) is 6.20 Å². The molecule has 1 saturated heterocycles. The Kier molecular flexibility index (Phi) is 15.2. The first-order valence-corrected chi connectivity index (χ1v) is 14.7. The van der Waals surface area contributed by atoms with Crippen LogP contribution in [0.25, 0.3) is 0 Å². The van der Waals surface area contributed by atoms with Crippen LogP contribution in [0.3, 0.4) is 0 Å². The third-order valence-electron chi connectivity index (χ3n) is 6.90. The first-order valence-electron chi connectivity index (χ1n) is 14.7. The number of nitrogens with one attached hydrogen (secondary N) is 8. The molecule has 2 aliphatic rings. The Morgan fingerprint density at radius 3 is 2.36 bits per heavy atom. The van der Waals surface area contributed by atoms with E-state index in [-0.39, 0.29) is 25.3 Å². The van der Waals surface area contributed by atoms with Gasteiger partial charge in [0.15, 0.2) is 5.96 Å². The molecule has 262 valence electrons. The van der Waals surface area contributed by atoms with Crippen molar-refractivity contribution in [3.05, 3.63) is 11.9 Å². The van der Waals surface area contributed by atoms with Crippen molar-refractivity contribution in [1.29, 1.82) is 0 Å². The van der Waals surface area contributed by atoms with E-state index in [4.69, 9.17) is 28.7 Å². The summed E-state index contributed by atoms with van der Waals surface area (Å²) in [7, 11) is 0. The number of carbonyl (C=O) groups excluding carboxylic acids is 7. The molecule has 2 rings (SSSR count). The minimum Gasteiger partial charge on any atom is -0.394 e. The Morgan fingerprint density at radius 1 is 1.02 bits per heavy atom. The van der Waals surface area contributed by atoms with Crippen LogP contribution in [0.1, 0.15) is 25.7 Å². The highest BCUT2D eigenvalue weighted by Crippen LogP contribution is 2.07. The number of rotatable bonds is 10. The number of primary amides is 1. The molecule has 8 amide bonds. The van der Waals surface area contributed by atoms with Gasteiger partial charge in [-0.25, -0.2) is 4.79 Å². The molecule has 0 aromatic heterocycles. The Hall–Kier alpha value is -5.06. The fourth-order valence-electron chi connectivity index (χ4n) is 4.35. The van der Waals surface area contributed by atoms with Crippen LogP contribution in [0.2, 0.25) is 0 Å². The maximum Gasteiger partial charge on any atom is 0.316 e. The first-order chi connectivity index (χ1) is 22.2. The van der Waals surface area contributed by atoms with Crippen molar-refractivity contribution < 1.29 is 38.7 Å². The monoisotopic (exact) mass is 668 g/mol. The van der Waals surface area contributed by atoms with E-state index in [1.165, 1.54) is 0 Å². The van der Waals surface area contributed by atoms with Gasteiger partial charge in [-0.05, 0) is 25.8 Å². The highest BCUT2D eigenvalue weighted by molar-refractivity contribution is 6.02. The van der Waals surface area contributed by atoms with Crippen molar-refractivity contribution in [3.8, 4) is 0 Å². The molecule has 2 aliphatic heterocycles. The number of urea groups is 1. The number of aliphatic imine (C=N–C) groups is 1. The van der Waals surface area contributed by atoms with Crippen LogP contribution in [0.4, 0.5) is 4.79 Å². The molecule has 6 atom stereocenters. The van der Waals surface area contributed by atoms with E-state index in [1.807, 2.05) is 5.32 Å². The van der Waals surface area contributed by atoms with Gasteiger partial charge < -0.3 is 76.3 Å². The number of carbonyl (C=O) groups is 7. The standard InChI is InChI=1S/C25H44N14O8/c26-4-1-2-11(27)6-17(41)32-8-14-20(43)35-15(9-34-25(30)47)21(44)39-18(13-3-5-31-24(29)38-13)23(46)33-7-12(28)19(42)37-16(10-40)22(45)36-14/h9,11-14,16,18,40H,1-8,10,26-28H2,(H,32,41)(H,33,46)(H,35,43)(H,36,45)(H,37,42)(H,39,44)(H3,29,31,38)(H3,30,34,47)/b15-9-/t11?,12-,13+,14-,16-,18?/m0/s1. The number of hydrogen-bond acceptors (Lipinski definition) is 14. The molecule has 0 aromatic rings. The Labute approximate surface area is 269 Å². The number of guanidine groups is 1. The molecule has 0 spiro atoms. The van der Waals surface area contributed by atoms with Crippen molar-refractivity contribution in [1.82, 2.24) is 42.5 Å². The van der Waals surface area contributed by atoms with Gasteiger partial charge in [0.25, 0.3) is 5.91 Å². The zero-order chi connectivity index (χ0) is 35.1. The highest BCUT2D eigenvalue weighted by Gasteiger charge is 2.35. The van der Waals surface area contributed by atoms with E-state index < -0.39 is 103 Å². The first kappa shape index (κ1) is 38.1. The molecule has 22 heteroatoms. The van der Waals surface area contributed by atoms with Gasteiger partial charge in [-0.15, -0.1) is 0 Å². The van der Waals surface area contributed by atoms with Crippen molar-refractivity contribution in [2.75, 3.05) is 32.8 Å². The van der Waals surface area contributed by atoms with Crippen LogP contribution in [-0.2, 0) is 28.8 Å². The van der Waals surface area contributed by atoms with Crippen molar-refractivity contribution in [3.63, 3.8) is 0 Å². The molecule has 1 fully saturated rings. The van der Waals surface area contributed by atoms with Crippen LogP contribution in [0.5, 0.6) is 0 Å². The van der Waals surface area contributed by atoms with Gasteiger partial charge in [0.2, 0.25) is 29.5 Å². The molecule has 0 aliphatic carbocycles. The molecule has 19 N–H and O–H groups in total. The van der Waals surface area contributed by atoms with Crippen LogP contribution in [0.15, 0.2) is 16.9 Å². The Bertz CT molecular complexity index is 1240. The maximum absolute atomic E-state index is 13.5. The van der Waals surface area contributed by atoms with E-state index in [2.05, 4.69) is 42.2 Å². The number of nitrogens with zero attached hydrogens (tertiary/aromatic N) is 1. The quantitative estimate of drug-likeness (QED) is 0.0963. The van der Waals surface area contributed by atoms with Crippen molar-refractivity contribution in [2.24, 2.45) is 33.7 Å². The third kappa shape index (κ3) is 12.7. The van der Waals surface area contributed by atoms with E-state index in [0.29, 0.717) is 19.4 Å². The zero-order valence-electron chi connectivity index (χ0n) is 25.5. The summed E-state index contributed by atoms with van der Waals surface area (Å²) < 4.78 is 0. The van der Waals surface area contributed by atoms with Gasteiger partial charge in [0.1, 0.15) is 29.9 Å². The highest BCUT2D eigenvalue weighted by atomic mass is 16.3. The summed E-state index contributed by atoms with van der Waals surface area (Å²) in [6, 6.07) is -8.54. The van der Waals surface area contributed by atoms with Crippen LogP contribution in [0, 0.1) is 0 Å².